The standard InChI is InChI=1S/C27H27N3O/c1-19-8-11-22(12-9-19)17-30-18-24(25-6-4-5-7-26(25)30)16-28-29-27(31)15-23-13-10-20(2)14-21(23)3/h4-14,16,18H,15,17H2,1-3H3,(H,29,31)/b28-16+. The summed E-state index contributed by atoms with van der Waals surface area (Å²) >= 11 is 0. The van der Waals surface area contributed by atoms with Gasteiger partial charge in [0.15, 0.2) is 0 Å². The molecule has 1 amide bonds. The third-order valence-corrected chi connectivity index (χ3v) is 5.53. The van der Waals surface area contributed by atoms with Crippen LogP contribution in [0, 0.1) is 20.8 Å². The van der Waals surface area contributed by atoms with Gasteiger partial charge >= 0.3 is 0 Å². The number of nitrogens with one attached hydrogen (secondary N) is 1. The Labute approximate surface area is 183 Å². The molecule has 0 saturated carbocycles. The molecule has 4 nitrogen and oxygen atoms in total. The zero-order valence-corrected chi connectivity index (χ0v) is 18.2. The van der Waals surface area contributed by atoms with Crippen LogP contribution >= 0.6 is 0 Å². The molecule has 0 saturated heterocycles. The summed E-state index contributed by atoms with van der Waals surface area (Å²) in [5.41, 5.74) is 10.6. The van der Waals surface area contributed by atoms with Crippen molar-refractivity contribution in [1.82, 2.24) is 9.99 Å². The van der Waals surface area contributed by atoms with Crippen LogP contribution in [0.1, 0.15) is 33.4 Å². The number of carbonyl (C=O) groups is 1. The molecule has 0 atom stereocenters. The maximum atomic E-state index is 12.3. The van der Waals surface area contributed by atoms with E-state index in [-0.39, 0.29) is 5.91 Å². The molecule has 1 aromatic heterocycles. The lowest BCUT2D eigenvalue weighted by Crippen LogP contribution is -2.20. The largest absolute Gasteiger partial charge is 0.342 e. The van der Waals surface area contributed by atoms with Crippen molar-refractivity contribution in [3.63, 3.8) is 0 Å². The van der Waals surface area contributed by atoms with Crippen LogP contribution in [0.25, 0.3) is 10.9 Å². The first-order valence-corrected chi connectivity index (χ1v) is 10.5. The molecule has 4 heteroatoms. The topological polar surface area (TPSA) is 46.4 Å². The number of hydrogen-bond donors (Lipinski definition) is 1. The normalized spacial score (nSPS) is 11.3. The molecule has 156 valence electrons. The molecule has 0 radical (unpaired) electrons. The second-order valence-electron chi connectivity index (χ2n) is 8.11. The molecule has 0 unspecified atom stereocenters. The number of aryl methyl sites for hydroxylation is 3. The van der Waals surface area contributed by atoms with Crippen molar-refractivity contribution < 1.29 is 4.79 Å². The number of hydrogen-bond acceptors (Lipinski definition) is 2. The van der Waals surface area contributed by atoms with Gasteiger partial charge in [-0.3, -0.25) is 4.79 Å². The van der Waals surface area contributed by atoms with E-state index in [0.29, 0.717) is 6.42 Å². The van der Waals surface area contributed by atoms with Gasteiger partial charge < -0.3 is 4.57 Å². The number of benzene rings is 3. The Kier molecular flexibility index (Phi) is 5.99. The highest BCUT2D eigenvalue weighted by Gasteiger charge is 2.08. The molecule has 4 aromatic rings. The summed E-state index contributed by atoms with van der Waals surface area (Å²) in [5.74, 6) is -0.119. The summed E-state index contributed by atoms with van der Waals surface area (Å²) in [6.45, 7) is 6.96. The Bertz CT molecular complexity index is 1250. The van der Waals surface area contributed by atoms with Crippen molar-refractivity contribution in [3.05, 3.63) is 106 Å². The van der Waals surface area contributed by atoms with Gasteiger partial charge in [-0.1, -0.05) is 71.8 Å². The molecule has 0 fully saturated rings. The zero-order chi connectivity index (χ0) is 21.8. The third kappa shape index (κ3) is 4.92. The number of hydrazone groups is 1. The number of carbonyl (C=O) groups excluding carboxylic acids is 1. The Morgan fingerprint density at radius 1 is 0.968 bits per heavy atom. The Balaban J connectivity index is 1.49. The predicted octanol–water partition coefficient (Wildman–Crippen LogP) is 5.31. The monoisotopic (exact) mass is 409 g/mol. The first-order valence-electron chi connectivity index (χ1n) is 10.5. The van der Waals surface area contributed by atoms with Crippen LogP contribution in [-0.4, -0.2) is 16.7 Å². The summed E-state index contributed by atoms with van der Waals surface area (Å²) in [6.07, 6.45) is 4.14. The first-order chi connectivity index (χ1) is 15.0. The van der Waals surface area contributed by atoms with Crippen LogP contribution in [0.3, 0.4) is 0 Å². The van der Waals surface area contributed by atoms with E-state index in [4.69, 9.17) is 0 Å². The van der Waals surface area contributed by atoms with Crippen molar-refractivity contribution in [1.29, 1.82) is 0 Å². The molecule has 0 aliphatic heterocycles. The fraction of sp³-hybridized carbons (Fsp3) is 0.185. The van der Waals surface area contributed by atoms with Gasteiger partial charge in [0.2, 0.25) is 5.91 Å². The second kappa shape index (κ2) is 9.00. The number of rotatable bonds is 6. The summed E-state index contributed by atoms with van der Waals surface area (Å²) < 4.78 is 2.22. The number of nitrogens with zero attached hydrogens (tertiary/aromatic N) is 2. The van der Waals surface area contributed by atoms with Gasteiger partial charge in [-0.05, 0) is 43.5 Å². The Morgan fingerprint density at radius 3 is 2.48 bits per heavy atom. The Morgan fingerprint density at radius 2 is 1.71 bits per heavy atom. The molecule has 0 spiro atoms. The minimum Gasteiger partial charge on any atom is -0.342 e. The minimum absolute atomic E-state index is 0.119. The molecule has 0 bridgehead atoms. The van der Waals surface area contributed by atoms with Crippen molar-refractivity contribution in [2.45, 2.75) is 33.7 Å². The molecule has 3 aromatic carbocycles. The van der Waals surface area contributed by atoms with Gasteiger partial charge in [0.05, 0.1) is 12.6 Å². The van der Waals surface area contributed by atoms with E-state index < -0.39 is 0 Å². The van der Waals surface area contributed by atoms with E-state index in [0.717, 1.165) is 34.1 Å². The highest BCUT2D eigenvalue weighted by atomic mass is 16.2. The van der Waals surface area contributed by atoms with Gasteiger partial charge in [0.25, 0.3) is 0 Å². The maximum Gasteiger partial charge on any atom is 0.244 e. The van der Waals surface area contributed by atoms with Crippen LogP contribution in [0.5, 0.6) is 0 Å². The highest BCUT2D eigenvalue weighted by molar-refractivity contribution is 5.99. The SMILES string of the molecule is Cc1ccc(Cn2cc(/C=N/NC(=O)Cc3ccc(C)cc3C)c3ccccc32)cc1. The average molecular weight is 410 g/mol. The van der Waals surface area contributed by atoms with Gasteiger partial charge in [-0.15, -0.1) is 0 Å². The van der Waals surface area contributed by atoms with E-state index in [1.54, 1.807) is 6.21 Å². The third-order valence-electron chi connectivity index (χ3n) is 5.53. The zero-order valence-electron chi connectivity index (χ0n) is 18.2. The molecule has 4 rings (SSSR count). The van der Waals surface area contributed by atoms with E-state index >= 15 is 0 Å². The summed E-state index contributed by atoms with van der Waals surface area (Å²) in [4.78, 5) is 12.3. The van der Waals surface area contributed by atoms with Gasteiger partial charge in [-0.25, -0.2) is 5.43 Å². The fourth-order valence-electron chi connectivity index (χ4n) is 3.83. The molecular weight excluding hydrogens is 382 g/mol. The van der Waals surface area contributed by atoms with E-state index in [1.807, 2.05) is 31.2 Å². The van der Waals surface area contributed by atoms with Crippen LogP contribution in [0.15, 0.2) is 78.0 Å². The maximum absolute atomic E-state index is 12.3. The van der Waals surface area contributed by atoms with Crippen molar-refractivity contribution in [3.8, 4) is 0 Å². The molecule has 0 aliphatic rings. The minimum atomic E-state index is -0.119. The fourth-order valence-corrected chi connectivity index (χ4v) is 3.83. The van der Waals surface area contributed by atoms with Crippen LogP contribution in [-0.2, 0) is 17.8 Å². The van der Waals surface area contributed by atoms with Crippen molar-refractivity contribution in [2.75, 3.05) is 0 Å². The predicted molar refractivity (Wildman–Crippen MR) is 128 cm³/mol. The summed E-state index contributed by atoms with van der Waals surface area (Å²) in [5, 5.41) is 5.34. The molecular formula is C27H27N3O. The van der Waals surface area contributed by atoms with Crippen LogP contribution in [0.2, 0.25) is 0 Å². The van der Waals surface area contributed by atoms with Gasteiger partial charge in [-0.2, -0.15) is 5.10 Å². The lowest BCUT2D eigenvalue weighted by Gasteiger charge is -2.06. The summed E-state index contributed by atoms with van der Waals surface area (Å²) in [7, 11) is 0. The highest BCUT2D eigenvalue weighted by Crippen LogP contribution is 2.21. The van der Waals surface area contributed by atoms with Crippen LogP contribution < -0.4 is 5.43 Å². The molecule has 0 aliphatic carbocycles. The number of fused-ring (bicyclic) bond motifs is 1. The second-order valence-corrected chi connectivity index (χ2v) is 8.11. The Hall–Kier alpha value is -3.66. The molecule has 1 heterocycles. The average Bonchev–Trinajstić information content (AvgIpc) is 3.09. The van der Waals surface area contributed by atoms with Crippen LogP contribution in [0.4, 0.5) is 0 Å². The quantitative estimate of drug-likeness (QED) is 0.341. The number of aromatic nitrogens is 1. The number of para-hydroxylation sites is 1. The smallest absolute Gasteiger partial charge is 0.244 e. The van der Waals surface area contributed by atoms with E-state index in [9.17, 15) is 4.79 Å². The van der Waals surface area contributed by atoms with Gasteiger partial charge in [0, 0.05) is 29.2 Å². The first kappa shape index (κ1) is 20.6. The lowest BCUT2D eigenvalue weighted by atomic mass is 10.0. The van der Waals surface area contributed by atoms with E-state index in [2.05, 4.69) is 77.6 Å². The van der Waals surface area contributed by atoms with E-state index in [1.165, 1.54) is 16.7 Å². The molecule has 31 heavy (non-hydrogen) atoms. The summed E-state index contributed by atoms with van der Waals surface area (Å²) in [6, 6.07) is 23.0. The number of amides is 1. The van der Waals surface area contributed by atoms with Crippen molar-refractivity contribution in [2.24, 2.45) is 5.10 Å². The lowest BCUT2D eigenvalue weighted by molar-refractivity contribution is -0.120. The van der Waals surface area contributed by atoms with Gasteiger partial charge in [0.1, 0.15) is 0 Å². The molecule has 1 N–H and O–H groups in total. The van der Waals surface area contributed by atoms with Crippen molar-refractivity contribution >= 4 is 23.0 Å².